The summed E-state index contributed by atoms with van der Waals surface area (Å²) in [6.45, 7) is 2.24. The van der Waals surface area contributed by atoms with E-state index in [1.165, 1.54) is 38.2 Å². The van der Waals surface area contributed by atoms with E-state index in [9.17, 15) is 9.50 Å². The Labute approximate surface area is 136 Å². The van der Waals surface area contributed by atoms with Gasteiger partial charge in [0.25, 0.3) is 0 Å². The first-order valence-electron chi connectivity index (χ1n) is 8.22. The lowest BCUT2D eigenvalue weighted by atomic mass is 9.76. The molecule has 1 aliphatic rings. The Hall–Kier alpha value is -0.410. The molecule has 0 heterocycles. The molecule has 1 aromatic rings. The van der Waals surface area contributed by atoms with Crippen molar-refractivity contribution in [2.75, 3.05) is 0 Å². The Balaban J connectivity index is 1.84. The van der Waals surface area contributed by atoms with Gasteiger partial charge in [0.05, 0.1) is 10.6 Å². The van der Waals surface area contributed by atoms with Gasteiger partial charge in [0.1, 0.15) is 5.82 Å². The minimum Gasteiger partial charge on any atom is -0.392 e. The summed E-state index contributed by atoms with van der Waals surface area (Å²) in [4.78, 5) is 0. The summed E-state index contributed by atoms with van der Waals surface area (Å²) in [5.41, 5.74) is 0.871. The van der Waals surface area contributed by atoms with E-state index in [4.69, 9.17) is 0 Å². The number of aliphatic hydroxyl groups is 1. The SMILES string of the molecule is CCCCC1CCC(C(O)Cc2cccc(F)c2Br)CC1. The normalized spacial score (nSPS) is 24.0. The van der Waals surface area contributed by atoms with Crippen molar-refractivity contribution >= 4 is 15.9 Å². The predicted molar refractivity (Wildman–Crippen MR) is 88.8 cm³/mol. The van der Waals surface area contributed by atoms with Gasteiger partial charge in [-0.15, -0.1) is 0 Å². The number of benzene rings is 1. The van der Waals surface area contributed by atoms with Gasteiger partial charge in [-0.1, -0.05) is 51.2 Å². The third kappa shape index (κ3) is 4.79. The fourth-order valence-electron chi connectivity index (χ4n) is 3.45. The van der Waals surface area contributed by atoms with Crippen LogP contribution >= 0.6 is 15.9 Å². The van der Waals surface area contributed by atoms with E-state index in [0.717, 1.165) is 24.3 Å². The third-order valence-electron chi connectivity index (χ3n) is 4.86. The van der Waals surface area contributed by atoms with Gasteiger partial charge in [0.15, 0.2) is 0 Å². The second-order valence-corrected chi connectivity index (χ2v) is 7.20. The molecule has 0 spiro atoms. The summed E-state index contributed by atoms with van der Waals surface area (Å²) in [6.07, 6.45) is 8.85. The molecule has 1 aliphatic carbocycles. The van der Waals surface area contributed by atoms with E-state index >= 15 is 0 Å². The highest BCUT2D eigenvalue weighted by molar-refractivity contribution is 9.10. The van der Waals surface area contributed by atoms with Crippen molar-refractivity contribution in [3.8, 4) is 0 Å². The molecule has 0 bridgehead atoms. The van der Waals surface area contributed by atoms with Crippen LogP contribution in [0.3, 0.4) is 0 Å². The first-order valence-corrected chi connectivity index (χ1v) is 9.02. The van der Waals surface area contributed by atoms with Crippen molar-refractivity contribution in [2.45, 2.75) is 64.4 Å². The van der Waals surface area contributed by atoms with Gasteiger partial charge in [0, 0.05) is 0 Å². The van der Waals surface area contributed by atoms with Gasteiger partial charge in [-0.3, -0.25) is 0 Å². The average molecular weight is 357 g/mol. The summed E-state index contributed by atoms with van der Waals surface area (Å²) < 4.78 is 14.0. The van der Waals surface area contributed by atoms with Gasteiger partial charge in [-0.05, 0) is 58.7 Å². The molecule has 1 N–H and O–H groups in total. The summed E-state index contributed by atoms with van der Waals surface area (Å²) >= 11 is 3.28. The number of hydrogen-bond acceptors (Lipinski definition) is 1. The molecular formula is C18H26BrFO. The molecule has 3 heteroatoms. The quantitative estimate of drug-likeness (QED) is 0.714. The molecule has 1 aromatic carbocycles. The standard InChI is InChI=1S/C18H26BrFO/c1-2-3-5-13-8-10-14(11-9-13)17(21)12-15-6-4-7-16(20)18(15)19/h4,6-7,13-14,17,21H,2-3,5,8-12H2,1H3. The van der Waals surface area contributed by atoms with Crippen LogP contribution in [0.1, 0.15) is 57.4 Å². The molecule has 21 heavy (non-hydrogen) atoms. The predicted octanol–water partition coefficient (Wildman–Crippen LogP) is 5.49. The minimum atomic E-state index is -0.352. The van der Waals surface area contributed by atoms with Crippen LogP contribution in [0.5, 0.6) is 0 Å². The lowest BCUT2D eigenvalue weighted by Gasteiger charge is -2.31. The first-order chi connectivity index (χ1) is 10.1. The van der Waals surface area contributed by atoms with Gasteiger partial charge in [0.2, 0.25) is 0 Å². The smallest absolute Gasteiger partial charge is 0.137 e. The molecule has 1 unspecified atom stereocenters. The molecule has 1 fully saturated rings. The number of halogens is 2. The van der Waals surface area contributed by atoms with E-state index in [1.54, 1.807) is 6.07 Å². The van der Waals surface area contributed by atoms with Crippen molar-refractivity contribution in [2.24, 2.45) is 11.8 Å². The molecule has 1 saturated carbocycles. The zero-order valence-corrected chi connectivity index (χ0v) is 14.4. The fourth-order valence-corrected chi connectivity index (χ4v) is 3.88. The van der Waals surface area contributed by atoms with E-state index in [0.29, 0.717) is 16.8 Å². The van der Waals surface area contributed by atoms with Crippen molar-refractivity contribution in [1.82, 2.24) is 0 Å². The number of unbranched alkanes of at least 4 members (excludes halogenated alkanes) is 1. The molecule has 2 rings (SSSR count). The van der Waals surface area contributed by atoms with Crippen LogP contribution in [-0.2, 0) is 6.42 Å². The molecule has 118 valence electrons. The third-order valence-corrected chi connectivity index (χ3v) is 5.75. The second-order valence-electron chi connectivity index (χ2n) is 6.41. The number of rotatable bonds is 6. The molecule has 0 amide bonds. The van der Waals surface area contributed by atoms with E-state index < -0.39 is 0 Å². The maximum Gasteiger partial charge on any atom is 0.137 e. The Kier molecular flexibility index (Phi) is 6.69. The summed E-state index contributed by atoms with van der Waals surface area (Å²) in [5, 5.41) is 10.5. The fraction of sp³-hybridized carbons (Fsp3) is 0.667. The topological polar surface area (TPSA) is 20.2 Å². The lowest BCUT2D eigenvalue weighted by Crippen LogP contribution is -2.27. The van der Waals surface area contributed by atoms with Crippen LogP contribution in [0.2, 0.25) is 0 Å². The monoisotopic (exact) mass is 356 g/mol. The molecule has 0 saturated heterocycles. The van der Waals surface area contributed by atoms with Crippen molar-refractivity contribution in [3.63, 3.8) is 0 Å². The highest BCUT2D eigenvalue weighted by Crippen LogP contribution is 2.35. The van der Waals surface area contributed by atoms with Crippen LogP contribution in [0, 0.1) is 17.7 Å². The van der Waals surface area contributed by atoms with Gasteiger partial charge in [-0.2, -0.15) is 0 Å². The van der Waals surface area contributed by atoms with E-state index in [1.807, 2.05) is 6.07 Å². The molecule has 0 aromatic heterocycles. The van der Waals surface area contributed by atoms with Crippen LogP contribution < -0.4 is 0 Å². The Morgan fingerprint density at radius 3 is 2.67 bits per heavy atom. The molecule has 0 radical (unpaired) electrons. The Bertz CT molecular complexity index is 441. The van der Waals surface area contributed by atoms with Gasteiger partial charge < -0.3 is 5.11 Å². The molecule has 0 aliphatic heterocycles. The van der Waals surface area contributed by atoms with Crippen molar-refractivity contribution in [3.05, 3.63) is 34.1 Å². The van der Waals surface area contributed by atoms with Crippen LogP contribution in [0.4, 0.5) is 4.39 Å². The van der Waals surface area contributed by atoms with E-state index in [-0.39, 0.29) is 11.9 Å². The average Bonchev–Trinajstić information content (AvgIpc) is 2.50. The summed E-state index contributed by atoms with van der Waals surface area (Å²) in [7, 11) is 0. The Morgan fingerprint density at radius 1 is 1.29 bits per heavy atom. The highest BCUT2D eigenvalue weighted by Gasteiger charge is 2.26. The zero-order chi connectivity index (χ0) is 15.2. The van der Waals surface area contributed by atoms with Crippen molar-refractivity contribution in [1.29, 1.82) is 0 Å². The van der Waals surface area contributed by atoms with Crippen molar-refractivity contribution < 1.29 is 9.50 Å². The van der Waals surface area contributed by atoms with Crippen LogP contribution in [0.25, 0.3) is 0 Å². The second kappa shape index (κ2) is 8.28. The molecule has 1 atom stereocenters. The number of hydrogen-bond donors (Lipinski definition) is 1. The maximum atomic E-state index is 13.5. The minimum absolute atomic E-state index is 0.247. The lowest BCUT2D eigenvalue weighted by molar-refractivity contribution is 0.0724. The van der Waals surface area contributed by atoms with Gasteiger partial charge >= 0.3 is 0 Å². The first kappa shape index (κ1) is 17.0. The van der Waals surface area contributed by atoms with Crippen LogP contribution in [-0.4, -0.2) is 11.2 Å². The zero-order valence-electron chi connectivity index (χ0n) is 12.8. The molecule has 1 nitrogen and oxygen atoms in total. The molecular weight excluding hydrogens is 331 g/mol. The highest BCUT2D eigenvalue weighted by atomic mass is 79.9. The summed E-state index contributed by atoms with van der Waals surface area (Å²) in [6, 6.07) is 5.05. The van der Waals surface area contributed by atoms with Crippen LogP contribution in [0.15, 0.2) is 22.7 Å². The largest absolute Gasteiger partial charge is 0.392 e. The van der Waals surface area contributed by atoms with Gasteiger partial charge in [-0.25, -0.2) is 4.39 Å². The maximum absolute atomic E-state index is 13.5. The number of aliphatic hydroxyl groups excluding tert-OH is 1. The Morgan fingerprint density at radius 2 is 2.00 bits per heavy atom. The van der Waals surface area contributed by atoms with E-state index in [2.05, 4.69) is 22.9 Å². The summed E-state index contributed by atoms with van der Waals surface area (Å²) in [5.74, 6) is 0.982.